The molecule has 0 radical (unpaired) electrons. The lowest BCUT2D eigenvalue weighted by atomic mass is 10.1. The zero-order chi connectivity index (χ0) is 18.6. The normalized spacial score (nSPS) is 14.1. The summed E-state index contributed by atoms with van der Waals surface area (Å²) in [5.74, 6) is 0.476. The van der Waals surface area contributed by atoms with E-state index in [0.29, 0.717) is 29.3 Å². The molecule has 0 atom stereocenters. The minimum Gasteiger partial charge on any atom is -0.370 e. The second kappa shape index (κ2) is 7.57. The van der Waals surface area contributed by atoms with Gasteiger partial charge in [-0.1, -0.05) is 12.1 Å². The largest absolute Gasteiger partial charge is 0.370 e. The van der Waals surface area contributed by atoms with Crippen LogP contribution < -0.4 is 15.4 Å². The number of aliphatic imine (C=N–C) groups is 1. The number of carbonyl (C=O) groups excluding carboxylic acids is 1. The number of anilines is 2. The van der Waals surface area contributed by atoms with Crippen LogP contribution in [0.4, 0.5) is 11.4 Å². The van der Waals surface area contributed by atoms with Crippen LogP contribution in [-0.4, -0.2) is 33.3 Å². The zero-order valence-electron chi connectivity index (χ0n) is 14.3. The standard InChI is InChI=1S/C18H20N4O3S/c1-13(23)21-14-7-9-15(10-8-14)26(24,25)22-17-6-3-2-5-16(17)18-19-11-4-12-20-18/h2-3,5-10,22H,4,11-12H2,1H3,(H,19,20)(H,21,23). The number of hydrogen-bond donors (Lipinski definition) is 3. The van der Waals surface area contributed by atoms with Crippen LogP contribution in [0.15, 0.2) is 58.4 Å². The maximum absolute atomic E-state index is 12.7. The van der Waals surface area contributed by atoms with Gasteiger partial charge in [0.2, 0.25) is 5.91 Å². The Labute approximate surface area is 152 Å². The van der Waals surface area contributed by atoms with Gasteiger partial charge in [-0.15, -0.1) is 0 Å². The topological polar surface area (TPSA) is 99.7 Å². The van der Waals surface area contributed by atoms with E-state index in [1.165, 1.54) is 19.1 Å². The van der Waals surface area contributed by atoms with Crippen molar-refractivity contribution in [1.82, 2.24) is 5.32 Å². The number of sulfonamides is 1. The first-order valence-corrected chi connectivity index (χ1v) is 9.72. The molecule has 0 spiro atoms. The molecule has 3 N–H and O–H groups in total. The van der Waals surface area contributed by atoms with Gasteiger partial charge in [-0.25, -0.2) is 8.42 Å². The van der Waals surface area contributed by atoms with Crippen LogP contribution >= 0.6 is 0 Å². The molecule has 7 nitrogen and oxygen atoms in total. The average molecular weight is 372 g/mol. The highest BCUT2D eigenvalue weighted by Crippen LogP contribution is 2.22. The second-order valence-corrected chi connectivity index (χ2v) is 7.55. The van der Waals surface area contributed by atoms with Crippen LogP contribution in [0.2, 0.25) is 0 Å². The van der Waals surface area contributed by atoms with Gasteiger partial charge in [-0.2, -0.15) is 0 Å². The fourth-order valence-corrected chi connectivity index (χ4v) is 3.70. The minimum atomic E-state index is -3.77. The van der Waals surface area contributed by atoms with Crippen molar-refractivity contribution in [3.05, 3.63) is 54.1 Å². The number of rotatable bonds is 5. The molecule has 2 aromatic rings. The first-order chi connectivity index (χ1) is 12.5. The number of nitrogens with one attached hydrogen (secondary N) is 3. The van der Waals surface area contributed by atoms with Crippen LogP contribution in [0, 0.1) is 0 Å². The molecule has 0 saturated carbocycles. The maximum atomic E-state index is 12.7. The Kier molecular flexibility index (Phi) is 5.22. The van der Waals surface area contributed by atoms with Crippen LogP contribution in [0.3, 0.4) is 0 Å². The Morgan fingerprint density at radius 2 is 1.85 bits per heavy atom. The Balaban J connectivity index is 1.86. The fraction of sp³-hybridized carbons (Fsp3) is 0.222. The Morgan fingerprint density at radius 1 is 1.12 bits per heavy atom. The number of nitrogens with zero attached hydrogens (tertiary/aromatic N) is 1. The van der Waals surface area contributed by atoms with Crippen molar-refractivity contribution >= 4 is 33.1 Å². The summed E-state index contributed by atoms with van der Waals surface area (Å²) >= 11 is 0. The smallest absolute Gasteiger partial charge is 0.261 e. The molecule has 1 aliphatic rings. The van der Waals surface area contributed by atoms with Gasteiger partial charge in [0, 0.05) is 31.3 Å². The molecule has 136 valence electrons. The van der Waals surface area contributed by atoms with Crippen molar-refractivity contribution in [2.75, 3.05) is 23.1 Å². The number of benzene rings is 2. The summed E-state index contributed by atoms with van der Waals surface area (Å²) in [4.78, 5) is 15.6. The van der Waals surface area contributed by atoms with Crippen LogP contribution in [-0.2, 0) is 14.8 Å². The van der Waals surface area contributed by atoms with E-state index in [9.17, 15) is 13.2 Å². The predicted octanol–water partition coefficient (Wildman–Crippen LogP) is 2.19. The maximum Gasteiger partial charge on any atom is 0.261 e. The lowest BCUT2D eigenvalue weighted by Gasteiger charge is -2.18. The third kappa shape index (κ3) is 4.20. The van der Waals surface area contributed by atoms with Crippen molar-refractivity contribution in [1.29, 1.82) is 0 Å². The molecular formula is C18H20N4O3S. The van der Waals surface area contributed by atoms with Crippen molar-refractivity contribution in [3.8, 4) is 0 Å². The highest BCUT2D eigenvalue weighted by Gasteiger charge is 2.18. The highest BCUT2D eigenvalue weighted by molar-refractivity contribution is 7.92. The molecule has 0 bridgehead atoms. The molecule has 0 aromatic heterocycles. The van der Waals surface area contributed by atoms with Crippen LogP contribution in [0.5, 0.6) is 0 Å². The van der Waals surface area contributed by atoms with Gasteiger partial charge in [0.05, 0.1) is 10.6 Å². The van der Waals surface area contributed by atoms with E-state index in [1.54, 1.807) is 24.3 Å². The SMILES string of the molecule is CC(=O)Nc1ccc(S(=O)(=O)Nc2ccccc2C2=NCCCN2)cc1. The van der Waals surface area contributed by atoms with Crippen molar-refractivity contribution in [2.45, 2.75) is 18.2 Å². The first kappa shape index (κ1) is 17.9. The number of amides is 1. The Morgan fingerprint density at radius 3 is 2.50 bits per heavy atom. The Bertz CT molecular complexity index is 937. The van der Waals surface area contributed by atoms with Gasteiger partial charge in [0.15, 0.2) is 0 Å². The average Bonchev–Trinajstić information content (AvgIpc) is 2.62. The molecule has 1 aliphatic heterocycles. The monoisotopic (exact) mass is 372 g/mol. The van der Waals surface area contributed by atoms with Gasteiger partial charge in [-0.05, 0) is 42.8 Å². The third-order valence-corrected chi connectivity index (χ3v) is 5.19. The molecule has 0 aliphatic carbocycles. The molecule has 0 unspecified atom stereocenters. The molecule has 1 heterocycles. The summed E-state index contributed by atoms with van der Waals surface area (Å²) in [7, 11) is -3.77. The third-order valence-electron chi connectivity index (χ3n) is 3.81. The van der Waals surface area contributed by atoms with Crippen LogP contribution in [0.1, 0.15) is 18.9 Å². The summed E-state index contributed by atoms with van der Waals surface area (Å²) < 4.78 is 28.0. The van der Waals surface area contributed by atoms with E-state index in [1.807, 2.05) is 12.1 Å². The fourth-order valence-electron chi connectivity index (χ4n) is 2.62. The molecule has 1 amide bonds. The summed E-state index contributed by atoms with van der Waals surface area (Å²) in [5.41, 5.74) is 1.72. The van der Waals surface area contributed by atoms with E-state index < -0.39 is 10.0 Å². The first-order valence-electron chi connectivity index (χ1n) is 8.24. The van der Waals surface area contributed by atoms with E-state index in [-0.39, 0.29) is 10.8 Å². The van der Waals surface area contributed by atoms with E-state index in [0.717, 1.165) is 13.0 Å². The molecule has 0 fully saturated rings. The Hall–Kier alpha value is -2.87. The highest BCUT2D eigenvalue weighted by atomic mass is 32.2. The quantitative estimate of drug-likeness (QED) is 0.749. The minimum absolute atomic E-state index is 0.111. The molecule has 0 saturated heterocycles. The van der Waals surface area contributed by atoms with Crippen LogP contribution in [0.25, 0.3) is 0 Å². The molecule has 3 rings (SSSR count). The van der Waals surface area contributed by atoms with Gasteiger partial charge < -0.3 is 10.6 Å². The number of amidine groups is 1. The number of carbonyl (C=O) groups is 1. The van der Waals surface area contributed by atoms with Crippen molar-refractivity contribution in [2.24, 2.45) is 4.99 Å². The van der Waals surface area contributed by atoms with E-state index in [4.69, 9.17) is 0 Å². The molecule has 2 aromatic carbocycles. The van der Waals surface area contributed by atoms with Gasteiger partial charge in [0.25, 0.3) is 10.0 Å². The van der Waals surface area contributed by atoms with Gasteiger partial charge in [-0.3, -0.25) is 14.5 Å². The molecular weight excluding hydrogens is 352 g/mol. The van der Waals surface area contributed by atoms with E-state index in [2.05, 4.69) is 20.3 Å². The number of para-hydroxylation sites is 1. The van der Waals surface area contributed by atoms with Crippen molar-refractivity contribution < 1.29 is 13.2 Å². The number of hydrogen-bond acceptors (Lipinski definition) is 5. The second-order valence-electron chi connectivity index (χ2n) is 5.87. The lowest BCUT2D eigenvalue weighted by Crippen LogP contribution is -2.31. The summed E-state index contributed by atoms with van der Waals surface area (Å²) in [6, 6.07) is 13.1. The van der Waals surface area contributed by atoms with Gasteiger partial charge >= 0.3 is 0 Å². The predicted molar refractivity (Wildman–Crippen MR) is 102 cm³/mol. The van der Waals surface area contributed by atoms with E-state index >= 15 is 0 Å². The lowest BCUT2D eigenvalue weighted by molar-refractivity contribution is -0.114. The molecule has 8 heteroatoms. The zero-order valence-corrected chi connectivity index (χ0v) is 15.1. The summed E-state index contributed by atoms with van der Waals surface area (Å²) in [6.45, 7) is 2.92. The summed E-state index contributed by atoms with van der Waals surface area (Å²) in [6.07, 6.45) is 0.956. The molecule has 26 heavy (non-hydrogen) atoms. The van der Waals surface area contributed by atoms with Crippen molar-refractivity contribution in [3.63, 3.8) is 0 Å². The van der Waals surface area contributed by atoms with Gasteiger partial charge in [0.1, 0.15) is 5.84 Å². The summed E-state index contributed by atoms with van der Waals surface area (Å²) in [5, 5.41) is 5.81.